The molecule has 1 N–H and O–H groups in total. The van der Waals surface area contributed by atoms with E-state index in [4.69, 9.17) is 16.3 Å². The quantitative estimate of drug-likeness (QED) is 0.898. The largest absolute Gasteiger partial charge is 0.379 e. The Morgan fingerprint density at radius 2 is 2.33 bits per heavy atom. The molecule has 0 radical (unpaired) electrons. The van der Waals surface area contributed by atoms with Crippen molar-refractivity contribution in [3.63, 3.8) is 0 Å². The highest BCUT2D eigenvalue weighted by Crippen LogP contribution is 2.20. The molecule has 1 fully saturated rings. The van der Waals surface area contributed by atoms with Crippen LogP contribution in [0, 0.1) is 5.82 Å². The third-order valence-corrected chi connectivity index (χ3v) is 3.26. The normalized spacial score (nSPS) is 23.7. The molecule has 1 amide bonds. The summed E-state index contributed by atoms with van der Waals surface area (Å²) in [5.74, 6) is -1.03. The van der Waals surface area contributed by atoms with E-state index in [1.165, 1.54) is 18.2 Å². The topological polar surface area (TPSA) is 38.3 Å². The van der Waals surface area contributed by atoms with E-state index in [1.807, 2.05) is 6.92 Å². The van der Waals surface area contributed by atoms with Crippen molar-refractivity contribution in [1.82, 2.24) is 5.32 Å². The summed E-state index contributed by atoms with van der Waals surface area (Å²) in [6.07, 6.45) is 1.70. The van der Waals surface area contributed by atoms with Gasteiger partial charge in [-0.3, -0.25) is 4.79 Å². The predicted molar refractivity (Wildman–Crippen MR) is 67.3 cm³/mol. The van der Waals surface area contributed by atoms with Gasteiger partial charge in [0.15, 0.2) is 0 Å². The highest BCUT2D eigenvalue weighted by molar-refractivity contribution is 6.31. The number of carbonyl (C=O) groups is 1. The molecule has 0 aliphatic carbocycles. The van der Waals surface area contributed by atoms with Crippen molar-refractivity contribution in [2.24, 2.45) is 0 Å². The van der Waals surface area contributed by atoms with Crippen LogP contribution in [0.25, 0.3) is 0 Å². The lowest BCUT2D eigenvalue weighted by atomic mass is 9.94. The lowest BCUT2D eigenvalue weighted by Gasteiger charge is -2.34. The van der Waals surface area contributed by atoms with Crippen molar-refractivity contribution in [2.45, 2.75) is 25.3 Å². The van der Waals surface area contributed by atoms with E-state index in [-0.39, 0.29) is 5.56 Å². The number of benzene rings is 1. The minimum absolute atomic E-state index is 0.0331. The Hall–Kier alpha value is -1.13. The smallest absolute Gasteiger partial charge is 0.254 e. The first-order chi connectivity index (χ1) is 8.50. The minimum atomic E-state index is -0.572. The van der Waals surface area contributed by atoms with Crippen molar-refractivity contribution in [3.8, 4) is 0 Å². The molecule has 0 bridgehead atoms. The molecule has 5 heteroatoms. The summed E-state index contributed by atoms with van der Waals surface area (Å²) in [6, 6.07) is 3.94. The summed E-state index contributed by atoms with van der Waals surface area (Å²) in [5, 5.41) is 3.16. The van der Waals surface area contributed by atoms with Crippen molar-refractivity contribution < 1.29 is 13.9 Å². The van der Waals surface area contributed by atoms with Crippen LogP contribution in [0.5, 0.6) is 0 Å². The molecule has 3 nitrogen and oxygen atoms in total. The van der Waals surface area contributed by atoms with E-state index in [0.29, 0.717) is 18.2 Å². The maximum absolute atomic E-state index is 13.5. The van der Waals surface area contributed by atoms with Crippen molar-refractivity contribution >= 4 is 17.5 Å². The van der Waals surface area contributed by atoms with E-state index in [1.54, 1.807) is 0 Å². The monoisotopic (exact) mass is 271 g/mol. The van der Waals surface area contributed by atoms with Gasteiger partial charge in [-0.2, -0.15) is 0 Å². The van der Waals surface area contributed by atoms with Crippen molar-refractivity contribution in [1.29, 1.82) is 0 Å². The van der Waals surface area contributed by atoms with Gasteiger partial charge in [-0.05, 0) is 38.0 Å². The number of hydrogen-bond acceptors (Lipinski definition) is 2. The Morgan fingerprint density at radius 3 is 3.00 bits per heavy atom. The van der Waals surface area contributed by atoms with Crippen LogP contribution >= 0.6 is 11.6 Å². The summed E-state index contributed by atoms with van der Waals surface area (Å²) in [4.78, 5) is 12.0. The van der Waals surface area contributed by atoms with Gasteiger partial charge in [0.25, 0.3) is 5.91 Å². The van der Waals surface area contributed by atoms with Crippen LogP contribution in [0.3, 0.4) is 0 Å². The zero-order chi connectivity index (χ0) is 13.2. The molecule has 1 unspecified atom stereocenters. The molecule has 1 aliphatic heterocycles. The summed E-state index contributed by atoms with van der Waals surface area (Å²) >= 11 is 5.77. The van der Waals surface area contributed by atoms with Crippen LogP contribution in [0.4, 0.5) is 4.39 Å². The fraction of sp³-hybridized carbons (Fsp3) is 0.462. The average molecular weight is 272 g/mol. The highest BCUT2D eigenvalue weighted by Gasteiger charge is 2.30. The highest BCUT2D eigenvalue weighted by atomic mass is 35.5. The first kappa shape index (κ1) is 13.3. The second-order valence-corrected chi connectivity index (χ2v) is 5.23. The predicted octanol–water partition coefficient (Wildman–Crippen LogP) is 2.78. The first-order valence-corrected chi connectivity index (χ1v) is 6.23. The molecule has 1 saturated heterocycles. The summed E-state index contributed by atoms with van der Waals surface area (Å²) in [6.45, 7) is 3.05. The van der Waals surface area contributed by atoms with Gasteiger partial charge < -0.3 is 10.1 Å². The molecule has 0 saturated carbocycles. The van der Waals surface area contributed by atoms with Crippen LogP contribution in [0.2, 0.25) is 5.02 Å². The van der Waals surface area contributed by atoms with Gasteiger partial charge in [-0.1, -0.05) is 11.6 Å². The van der Waals surface area contributed by atoms with Gasteiger partial charge in [0, 0.05) is 11.6 Å². The summed E-state index contributed by atoms with van der Waals surface area (Å²) in [7, 11) is 0. The lowest BCUT2D eigenvalue weighted by molar-refractivity contribution is 0.0271. The molecule has 1 aromatic rings. The number of ether oxygens (including phenoxy) is 1. The van der Waals surface area contributed by atoms with Crippen molar-refractivity contribution in [2.75, 3.05) is 13.2 Å². The Morgan fingerprint density at radius 1 is 1.56 bits per heavy atom. The first-order valence-electron chi connectivity index (χ1n) is 5.85. The molecule has 2 rings (SSSR count). The SMILES string of the molecule is CC1(NC(=O)c2cc(Cl)ccc2F)CCCOC1. The third-order valence-electron chi connectivity index (χ3n) is 3.03. The zero-order valence-electron chi connectivity index (χ0n) is 10.1. The van der Waals surface area contributed by atoms with E-state index >= 15 is 0 Å². The minimum Gasteiger partial charge on any atom is -0.379 e. The number of carbonyl (C=O) groups excluding carboxylic acids is 1. The van der Waals surface area contributed by atoms with Gasteiger partial charge >= 0.3 is 0 Å². The van der Waals surface area contributed by atoms with Crippen LogP contribution in [0.1, 0.15) is 30.1 Å². The van der Waals surface area contributed by atoms with Crippen LogP contribution < -0.4 is 5.32 Å². The van der Waals surface area contributed by atoms with Crippen LogP contribution in [0.15, 0.2) is 18.2 Å². The molecule has 1 atom stereocenters. The second kappa shape index (κ2) is 5.24. The second-order valence-electron chi connectivity index (χ2n) is 4.80. The molecule has 98 valence electrons. The molecule has 1 aromatic carbocycles. The maximum atomic E-state index is 13.5. The lowest BCUT2D eigenvalue weighted by Crippen LogP contribution is -2.51. The van der Waals surface area contributed by atoms with E-state index < -0.39 is 17.3 Å². The number of nitrogens with one attached hydrogen (secondary N) is 1. The van der Waals surface area contributed by atoms with E-state index in [2.05, 4.69) is 5.32 Å². The number of halogens is 2. The van der Waals surface area contributed by atoms with Gasteiger partial charge in [0.2, 0.25) is 0 Å². The molecular weight excluding hydrogens is 257 g/mol. The standard InChI is InChI=1S/C13H15ClFNO2/c1-13(5-2-6-18-8-13)16-12(17)10-7-9(14)3-4-11(10)15/h3-4,7H,2,5-6,8H2,1H3,(H,16,17). The van der Waals surface area contributed by atoms with Gasteiger partial charge in [0.05, 0.1) is 17.7 Å². The molecule has 1 heterocycles. The Labute approximate surface area is 110 Å². The van der Waals surface area contributed by atoms with Crippen LogP contribution in [-0.2, 0) is 4.74 Å². The average Bonchev–Trinajstić information content (AvgIpc) is 2.32. The molecule has 18 heavy (non-hydrogen) atoms. The van der Waals surface area contributed by atoms with Gasteiger partial charge in [-0.15, -0.1) is 0 Å². The zero-order valence-corrected chi connectivity index (χ0v) is 10.9. The summed E-state index contributed by atoms with van der Waals surface area (Å²) < 4.78 is 18.9. The van der Waals surface area contributed by atoms with Gasteiger partial charge in [-0.25, -0.2) is 4.39 Å². The maximum Gasteiger partial charge on any atom is 0.254 e. The molecule has 0 aromatic heterocycles. The fourth-order valence-electron chi connectivity index (χ4n) is 2.05. The molecular formula is C13H15ClFNO2. The van der Waals surface area contributed by atoms with E-state index in [9.17, 15) is 9.18 Å². The van der Waals surface area contributed by atoms with Gasteiger partial charge in [0.1, 0.15) is 5.82 Å². The number of rotatable bonds is 2. The van der Waals surface area contributed by atoms with Crippen molar-refractivity contribution in [3.05, 3.63) is 34.6 Å². The number of hydrogen-bond donors (Lipinski definition) is 1. The Bertz CT molecular complexity index is 458. The summed E-state index contributed by atoms with van der Waals surface area (Å²) in [5.41, 5.74) is -0.473. The van der Waals surface area contributed by atoms with E-state index in [0.717, 1.165) is 12.8 Å². The molecule has 0 spiro atoms. The third kappa shape index (κ3) is 3.00. The Kier molecular flexibility index (Phi) is 3.88. The van der Waals surface area contributed by atoms with Crippen LogP contribution in [-0.4, -0.2) is 24.7 Å². The molecule has 1 aliphatic rings. The number of amides is 1. The Balaban J connectivity index is 2.14. The fourth-order valence-corrected chi connectivity index (χ4v) is 2.22.